The van der Waals surface area contributed by atoms with Crippen molar-refractivity contribution in [2.24, 2.45) is 10.9 Å². The van der Waals surface area contributed by atoms with Gasteiger partial charge in [0.2, 0.25) is 0 Å². The van der Waals surface area contributed by atoms with E-state index in [1.165, 1.54) is 12.8 Å². The number of hydrogen-bond donors (Lipinski definition) is 2. The highest BCUT2D eigenvalue weighted by atomic mass is 127. The monoisotopic (exact) mass is 373 g/mol. The number of aliphatic imine (C=N–C) groups is 1. The highest BCUT2D eigenvalue weighted by Gasteiger charge is 2.28. The van der Waals surface area contributed by atoms with Crippen LogP contribution in [0.15, 0.2) is 4.99 Å². The molecule has 100 valence electrons. The van der Waals surface area contributed by atoms with Crippen molar-refractivity contribution in [1.82, 2.24) is 10.6 Å². The van der Waals surface area contributed by atoms with Crippen molar-refractivity contribution >= 4 is 39.8 Å². The highest BCUT2D eigenvalue weighted by Crippen LogP contribution is 2.27. The van der Waals surface area contributed by atoms with Crippen molar-refractivity contribution < 1.29 is 8.42 Å². The summed E-state index contributed by atoms with van der Waals surface area (Å²) in [5, 5.41) is 6.39. The van der Waals surface area contributed by atoms with Gasteiger partial charge in [0.1, 0.15) is 0 Å². The Morgan fingerprint density at radius 1 is 1.35 bits per heavy atom. The third kappa shape index (κ3) is 4.99. The first-order valence-corrected chi connectivity index (χ1v) is 7.59. The number of sulfone groups is 1. The first-order chi connectivity index (χ1) is 7.59. The van der Waals surface area contributed by atoms with Crippen LogP contribution in [0.5, 0.6) is 0 Å². The van der Waals surface area contributed by atoms with Gasteiger partial charge in [-0.25, -0.2) is 8.42 Å². The van der Waals surface area contributed by atoms with Crippen LogP contribution in [0.4, 0.5) is 0 Å². The summed E-state index contributed by atoms with van der Waals surface area (Å²) >= 11 is 0. The van der Waals surface area contributed by atoms with Crippen molar-refractivity contribution in [1.29, 1.82) is 0 Å². The van der Waals surface area contributed by atoms with Gasteiger partial charge in [-0.3, -0.25) is 4.99 Å². The zero-order valence-electron chi connectivity index (χ0n) is 9.98. The molecule has 7 heteroatoms. The smallest absolute Gasteiger partial charge is 0.191 e. The maximum atomic E-state index is 11.3. The lowest BCUT2D eigenvalue weighted by atomic mass is 10.3. The summed E-state index contributed by atoms with van der Waals surface area (Å²) in [6, 6.07) is 0.0235. The predicted molar refractivity (Wildman–Crippen MR) is 79.7 cm³/mol. The van der Waals surface area contributed by atoms with Crippen LogP contribution in [0, 0.1) is 5.92 Å². The van der Waals surface area contributed by atoms with E-state index in [4.69, 9.17) is 0 Å². The molecule has 1 heterocycles. The zero-order chi connectivity index (χ0) is 11.6. The summed E-state index contributed by atoms with van der Waals surface area (Å²) in [4.78, 5) is 4.10. The molecule has 0 spiro atoms. The van der Waals surface area contributed by atoms with Crippen LogP contribution in [0.25, 0.3) is 0 Å². The van der Waals surface area contributed by atoms with Crippen LogP contribution in [-0.4, -0.2) is 45.5 Å². The topological polar surface area (TPSA) is 70.6 Å². The van der Waals surface area contributed by atoms with Gasteiger partial charge >= 0.3 is 0 Å². The van der Waals surface area contributed by atoms with Gasteiger partial charge in [-0.1, -0.05) is 0 Å². The van der Waals surface area contributed by atoms with Gasteiger partial charge < -0.3 is 10.6 Å². The van der Waals surface area contributed by atoms with Crippen LogP contribution in [0.3, 0.4) is 0 Å². The normalized spacial score (nSPS) is 27.4. The van der Waals surface area contributed by atoms with Crippen molar-refractivity contribution in [3.63, 3.8) is 0 Å². The predicted octanol–water partition coefficient (Wildman–Crippen LogP) is 0.366. The Hall–Kier alpha value is -0.0500. The second kappa shape index (κ2) is 6.21. The molecule has 1 aliphatic carbocycles. The van der Waals surface area contributed by atoms with E-state index in [9.17, 15) is 8.42 Å². The lowest BCUT2D eigenvalue weighted by molar-refractivity contribution is 0.599. The highest BCUT2D eigenvalue weighted by molar-refractivity contribution is 14.0. The molecular formula is C10H20IN3O2S. The molecule has 0 aromatic carbocycles. The molecule has 2 N–H and O–H groups in total. The lowest BCUT2D eigenvalue weighted by Gasteiger charge is -2.15. The first kappa shape index (κ1) is 15.0. The number of rotatable bonds is 3. The van der Waals surface area contributed by atoms with Gasteiger partial charge in [0.05, 0.1) is 11.5 Å². The van der Waals surface area contributed by atoms with E-state index in [1.807, 2.05) is 0 Å². The zero-order valence-corrected chi connectivity index (χ0v) is 13.1. The minimum absolute atomic E-state index is 0. The van der Waals surface area contributed by atoms with Crippen LogP contribution < -0.4 is 10.6 Å². The molecule has 17 heavy (non-hydrogen) atoms. The second-order valence-corrected chi connectivity index (χ2v) is 6.87. The molecule has 2 fully saturated rings. The molecule has 2 rings (SSSR count). The van der Waals surface area contributed by atoms with Crippen LogP contribution in [0.2, 0.25) is 0 Å². The molecule has 5 nitrogen and oxygen atoms in total. The quantitative estimate of drug-likeness (QED) is 0.426. The molecule has 0 aromatic heterocycles. The van der Waals surface area contributed by atoms with Crippen LogP contribution in [-0.2, 0) is 9.84 Å². The van der Waals surface area contributed by atoms with E-state index in [0.717, 1.165) is 18.4 Å². The molecule has 1 unspecified atom stereocenters. The molecule has 1 saturated heterocycles. The number of nitrogens with zero attached hydrogens (tertiary/aromatic N) is 1. The van der Waals surface area contributed by atoms with Crippen molar-refractivity contribution in [3.05, 3.63) is 0 Å². The third-order valence-corrected chi connectivity index (χ3v) is 4.82. The van der Waals surface area contributed by atoms with E-state index < -0.39 is 9.84 Å². The summed E-state index contributed by atoms with van der Waals surface area (Å²) in [6.45, 7) is 0.944. The Labute approximate surface area is 120 Å². The van der Waals surface area contributed by atoms with Gasteiger partial charge in [-0.15, -0.1) is 24.0 Å². The maximum Gasteiger partial charge on any atom is 0.191 e. The Bertz CT molecular complexity index is 379. The standard InChI is InChI=1S/C10H19N3O2S.HI/c1-11-10(12-6-8-2-3-8)13-9-4-5-16(14,15)7-9;/h8-9H,2-7H2,1H3,(H2,11,12,13);1H. The molecular weight excluding hydrogens is 353 g/mol. The number of nitrogens with one attached hydrogen (secondary N) is 2. The summed E-state index contributed by atoms with van der Waals surface area (Å²) in [5.41, 5.74) is 0. The fourth-order valence-corrected chi connectivity index (χ4v) is 3.53. The Kier molecular flexibility index (Phi) is 5.49. The number of halogens is 1. The lowest BCUT2D eigenvalue weighted by Crippen LogP contribution is -2.44. The van der Waals surface area contributed by atoms with Gasteiger partial charge in [-0.05, 0) is 25.2 Å². The van der Waals surface area contributed by atoms with E-state index >= 15 is 0 Å². The molecule has 0 radical (unpaired) electrons. The van der Waals surface area contributed by atoms with Gasteiger partial charge in [0, 0.05) is 19.6 Å². The Morgan fingerprint density at radius 2 is 2.06 bits per heavy atom. The maximum absolute atomic E-state index is 11.3. The minimum atomic E-state index is -2.81. The average molecular weight is 373 g/mol. The van der Waals surface area contributed by atoms with E-state index in [2.05, 4.69) is 15.6 Å². The summed E-state index contributed by atoms with van der Waals surface area (Å²) in [6.07, 6.45) is 3.27. The Balaban J connectivity index is 0.00000144. The molecule has 0 amide bonds. The van der Waals surface area contributed by atoms with Gasteiger partial charge in [0.25, 0.3) is 0 Å². The molecule has 0 aromatic rings. The third-order valence-electron chi connectivity index (χ3n) is 3.05. The SMILES string of the molecule is CN=C(NCC1CC1)NC1CCS(=O)(=O)C1.I. The largest absolute Gasteiger partial charge is 0.356 e. The molecule has 1 aliphatic heterocycles. The molecule has 1 atom stereocenters. The number of hydrogen-bond acceptors (Lipinski definition) is 3. The summed E-state index contributed by atoms with van der Waals surface area (Å²) < 4.78 is 22.6. The Morgan fingerprint density at radius 3 is 2.53 bits per heavy atom. The molecule has 0 bridgehead atoms. The fourth-order valence-electron chi connectivity index (χ4n) is 1.86. The van der Waals surface area contributed by atoms with Gasteiger partial charge in [-0.2, -0.15) is 0 Å². The van der Waals surface area contributed by atoms with Crippen molar-refractivity contribution in [3.8, 4) is 0 Å². The first-order valence-electron chi connectivity index (χ1n) is 5.76. The van der Waals surface area contributed by atoms with Crippen LogP contribution >= 0.6 is 24.0 Å². The summed E-state index contributed by atoms with van der Waals surface area (Å²) in [5.74, 6) is 2.04. The average Bonchev–Trinajstić information content (AvgIpc) is 2.98. The summed E-state index contributed by atoms with van der Waals surface area (Å²) in [7, 11) is -1.10. The van der Waals surface area contributed by atoms with E-state index in [1.54, 1.807) is 7.05 Å². The second-order valence-electron chi connectivity index (χ2n) is 4.64. The van der Waals surface area contributed by atoms with Crippen molar-refractivity contribution in [2.45, 2.75) is 25.3 Å². The fraction of sp³-hybridized carbons (Fsp3) is 0.900. The minimum Gasteiger partial charge on any atom is -0.356 e. The van der Waals surface area contributed by atoms with Crippen LogP contribution in [0.1, 0.15) is 19.3 Å². The van der Waals surface area contributed by atoms with E-state index in [0.29, 0.717) is 12.2 Å². The number of guanidine groups is 1. The molecule has 2 aliphatic rings. The van der Waals surface area contributed by atoms with Gasteiger partial charge in [0.15, 0.2) is 15.8 Å². The molecule has 1 saturated carbocycles. The van der Waals surface area contributed by atoms with Crippen molar-refractivity contribution in [2.75, 3.05) is 25.1 Å². The van der Waals surface area contributed by atoms with E-state index in [-0.39, 0.29) is 35.8 Å².